The molecule has 0 spiro atoms. The molecule has 1 saturated heterocycles. The van der Waals surface area contributed by atoms with Crippen molar-refractivity contribution in [2.75, 3.05) is 43.1 Å². The van der Waals surface area contributed by atoms with E-state index in [1.54, 1.807) is 12.1 Å². The van der Waals surface area contributed by atoms with E-state index in [2.05, 4.69) is 15.6 Å². The van der Waals surface area contributed by atoms with E-state index in [9.17, 15) is 12.8 Å². The van der Waals surface area contributed by atoms with Crippen molar-refractivity contribution >= 4 is 45.5 Å². The van der Waals surface area contributed by atoms with Gasteiger partial charge in [0.25, 0.3) is 0 Å². The van der Waals surface area contributed by atoms with E-state index in [-0.39, 0.29) is 47.3 Å². The molecule has 0 aliphatic carbocycles. The highest BCUT2D eigenvalue weighted by atomic mass is 127. The zero-order chi connectivity index (χ0) is 18.3. The zero-order valence-corrected chi connectivity index (χ0v) is 18.4. The average Bonchev–Trinajstić information content (AvgIpc) is 2.90. The molecule has 1 fully saturated rings. The van der Waals surface area contributed by atoms with Gasteiger partial charge >= 0.3 is 0 Å². The summed E-state index contributed by atoms with van der Waals surface area (Å²) in [4.78, 5) is 6.36. The predicted molar refractivity (Wildman–Crippen MR) is 116 cm³/mol. The number of nitrogens with zero attached hydrogens (tertiary/aromatic N) is 2. The number of para-hydroxylation sites is 1. The van der Waals surface area contributed by atoms with Crippen molar-refractivity contribution in [2.45, 2.75) is 25.8 Å². The molecule has 0 aromatic heterocycles. The van der Waals surface area contributed by atoms with E-state index in [0.717, 1.165) is 6.42 Å². The van der Waals surface area contributed by atoms with Crippen molar-refractivity contribution in [1.29, 1.82) is 0 Å². The maximum atomic E-state index is 13.7. The minimum Gasteiger partial charge on any atom is -0.372 e. The number of nitrogens with one attached hydrogen (secondary N) is 2. The van der Waals surface area contributed by atoms with Crippen LogP contribution < -0.4 is 15.5 Å². The number of sulfone groups is 1. The molecular formula is C17H28FIN4O2S. The van der Waals surface area contributed by atoms with Crippen LogP contribution in [0.25, 0.3) is 0 Å². The van der Waals surface area contributed by atoms with Gasteiger partial charge in [0.15, 0.2) is 15.8 Å². The summed E-state index contributed by atoms with van der Waals surface area (Å²) in [7, 11) is -1.06. The molecule has 2 N–H and O–H groups in total. The fourth-order valence-corrected chi connectivity index (χ4v) is 4.48. The minimum atomic E-state index is -2.91. The lowest BCUT2D eigenvalue weighted by atomic mass is 10.2. The molecule has 148 valence electrons. The van der Waals surface area contributed by atoms with Gasteiger partial charge in [-0.05, 0) is 31.9 Å². The lowest BCUT2D eigenvalue weighted by Crippen LogP contribution is -2.44. The summed E-state index contributed by atoms with van der Waals surface area (Å²) in [5, 5.41) is 6.32. The van der Waals surface area contributed by atoms with Gasteiger partial charge in [-0.25, -0.2) is 12.8 Å². The second-order valence-corrected chi connectivity index (χ2v) is 8.46. The Labute approximate surface area is 172 Å². The van der Waals surface area contributed by atoms with Crippen molar-refractivity contribution in [3.8, 4) is 0 Å². The Hall–Kier alpha value is -1.10. The first-order valence-electron chi connectivity index (χ1n) is 8.62. The third-order valence-corrected chi connectivity index (χ3v) is 5.87. The molecule has 26 heavy (non-hydrogen) atoms. The van der Waals surface area contributed by atoms with Gasteiger partial charge in [0.1, 0.15) is 5.82 Å². The Balaban J connectivity index is 0.00000338. The van der Waals surface area contributed by atoms with Crippen molar-refractivity contribution in [2.24, 2.45) is 4.99 Å². The van der Waals surface area contributed by atoms with E-state index < -0.39 is 9.84 Å². The van der Waals surface area contributed by atoms with Gasteiger partial charge in [-0.2, -0.15) is 0 Å². The van der Waals surface area contributed by atoms with Gasteiger partial charge < -0.3 is 15.5 Å². The fourth-order valence-electron chi connectivity index (χ4n) is 2.80. The minimum absolute atomic E-state index is 0. The Kier molecular flexibility index (Phi) is 9.62. The van der Waals surface area contributed by atoms with Crippen LogP contribution in [0.5, 0.6) is 0 Å². The molecule has 1 aliphatic rings. The summed E-state index contributed by atoms with van der Waals surface area (Å²) in [5.74, 6) is 0.800. The van der Waals surface area contributed by atoms with Gasteiger partial charge in [0.2, 0.25) is 0 Å². The predicted octanol–water partition coefficient (Wildman–Crippen LogP) is 2.01. The Bertz CT molecular complexity index is 700. The molecule has 1 aliphatic heterocycles. The number of anilines is 1. The number of aliphatic imine (C=N–C) groups is 1. The summed E-state index contributed by atoms with van der Waals surface area (Å²) in [6, 6.07) is 6.62. The van der Waals surface area contributed by atoms with E-state index in [0.29, 0.717) is 37.7 Å². The third kappa shape index (κ3) is 7.26. The van der Waals surface area contributed by atoms with E-state index in [1.165, 1.54) is 6.07 Å². The first-order chi connectivity index (χ1) is 11.9. The summed E-state index contributed by atoms with van der Waals surface area (Å²) in [6.45, 7) is 3.93. The Morgan fingerprint density at radius 1 is 1.38 bits per heavy atom. The summed E-state index contributed by atoms with van der Waals surface area (Å²) >= 11 is 0. The number of hydrogen-bond donors (Lipinski definition) is 2. The lowest BCUT2D eigenvalue weighted by molar-refractivity contribution is 0.599. The van der Waals surface area contributed by atoms with Crippen LogP contribution in [0.1, 0.15) is 19.8 Å². The van der Waals surface area contributed by atoms with Crippen LogP contribution in [0.4, 0.5) is 10.1 Å². The highest BCUT2D eigenvalue weighted by Crippen LogP contribution is 2.17. The normalized spacial score (nSPS) is 18.9. The summed E-state index contributed by atoms with van der Waals surface area (Å²) in [6.07, 6.45) is 1.38. The number of hydrogen-bond acceptors (Lipinski definition) is 4. The molecule has 9 heteroatoms. The molecule has 1 aromatic rings. The third-order valence-electron chi connectivity index (χ3n) is 4.10. The van der Waals surface area contributed by atoms with Crippen LogP contribution in [0.15, 0.2) is 29.3 Å². The number of benzene rings is 1. The van der Waals surface area contributed by atoms with Crippen LogP contribution in [-0.4, -0.2) is 58.6 Å². The molecule has 1 unspecified atom stereocenters. The first-order valence-corrected chi connectivity index (χ1v) is 10.4. The monoisotopic (exact) mass is 498 g/mol. The molecule has 0 amide bonds. The summed E-state index contributed by atoms with van der Waals surface area (Å²) in [5.41, 5.74) is 0.577. The van der Waals surface area contributed by atoms with Gasteiger partial charge in [-0.1, -0.05) is 12.1 Å². The fraction of sp³-hybridized carbons (Fsp3) is 0.588. The van der Waals surface area contributed by atoms with E-state index in [4.69, 9.17) is 0 Å². The Morgan fingerprint density at radius 2 is 2.12 bits per heavy atom. The largest absolute Gasteiger partial charge is 0.372 e. The van der Waals surface area contributed by atoms with Crippen LogP contribution in [0.3, 0.4) is 0 Å². The second-order valence-electron chi connectivity index (χ2n) is 6.23. The maximum Gasteiger partial charge on any atom is 0.191 e. The van der Waals surface area contributed by atoms with Gasteiger partial charge in [-0.3, -0.25) is 4.99 Å². The molecule has 6 nitrogen and oxygen atoms in total. The summed E-state index contributed by atoms with van der Waals surface area (Å²) < 4.78 is 36.8. The van der Waals surface area contributed by atoms with Gasteiger partial charge in [-0.15, -0.1) is 24.0 Å². The van der Waals surface area contributed by atoms with Crippen LogP contribution in [0, 0.1) is 5.82 Å². The molecule has 1 aromatic carbocycles. The van der Waals surface area contributed by atoms with Crippen molar-refractivity contribution in [3.63, 3.8) is 0 Å². The highest BCUT2D eigenvalue weighted by molar-refractivity contribution is 14.0. The molecule has 1 atom stereocenters. The van der Waals surface area contributed by atoms with Crippen molar-refractivity contribution < 1.29 is 12.8 Å². The molecular weight excluding hydrogens is 470 g/mol. The standard InChI is InChI=1S/C17H27FN4O2S.HI/c1-3-19-17(21-14-9-12-25(23,24)13-14)20-10-6-11-22(2)16-8-5-4-7-15(16)18;/h4-5,7-8,14H,3,6,9-13H2,1-2H3,(H2,19,20,21);1H. The molecule has 0 saturated carbocycles. The van der Waals surface area contributed by atoms with Crippen LogP contribution in [0.2, 0.25) is 0 Å². The smallest absolute Gasteiger partial charge is 0.191 e. The van der Waals surface area contributed by atoms with Crippen LogP contribution in [-0.2, 0) is 9.84 Å². The van der Waals surface area contributed by atoms with Gasteiger partial charge in [0.05, 0.1) is 17.2 Å². The van der Waals surface area contributed by atoms with Crippen LogP contribution >= 0.6 is 24.0 Å². The average molecular weight is 498 g/mol. The van der Waals surface area contributed by atoms with E-state index >= 15 is 0 Å². The number of halogens is 2. The molecule has 1 heterocycles. The second kappa shape index (κ2) is 10.9. The van der Waals surface area contributed by atoms with Gasteiger partial charge in [0, 0.05) is 32.7 Å². The van der Waals surface area contributed by atoms with E-state index in [1.807, 2.05) is 24.9 Å². The maximum absolute atomic E-state index is 13.7. The highest BCUT2D eigenvalue weighted by Gasteiger charge is 2.28. The number of rotatable bonds is 7. The SMILES string of the molecule is CCNC(=NCCCN(C)c1ccccc1F)NC1CCS(=O)(=O)C1.I. The quantitative estimate of drug-likeness (QED) is 0.261. The van der Waals surface area contributed by atoms with Crippen molar-refractivity contribution in [1.82, 2.24) is 10.6 Å². The zero-order valence-electron chi connectivity index (χ0n) is 15.2. The number of guanidine groups is 1. The lowest BCUT2D eigenvalue weighted by Gasteiger charge is -2.19. The van der Waals surface area contributed by atoms with Crippen molar-refractivity contribution in [3.05, 3.63) is 30.1 Å². The molecule has 0 bridgehead atoms. The Morgan fingerprint density at radius 3 is 2.73 bits per heavy atom. The molecule has 0 radical (unpaired) electrons. The topological polar surface area (TPSA) is 73.8 Å². The first kappa shape index (κ1) is 22.9. The molecule has 2 rings (SSSR count).